The van der Waals surface area contributed by atoms with Crippen LogP contribution >= 0.6 is 0 Å². The molecule has 0 saturated carbocycles. The van der Waals surface area contributed by atoms with E-state index in [4.69, 9.17) is 14.7 Å². The second kappa shape index (κ2) is 9.71. The van der Waals surface area contributed by atoms with Crippen molar-refractivity contribution in [3.63, 3.8) is 0 Å². The number of carbonyl (C=O) groups is 1. The van der Waals surface area contributed by atoms with E-state index >= 15 is 0 Å². The van der Waals surface area contributed by atoms with E-state index < -0.39 is 17.8 Å². The first-order valence-corrected chi connectivity index (χ1v) is 10.1. The highest BCUT2D eigenvalue weighted by Gasteiger charge is 2.34. The van der Waals surface area contributed by atoms with E-state index in [0.717, 1.165) is 16.9 Å². The van der Waals surface area contributed by atoms with E-state index in [-0.39, 0.29) is 28.8 Å². The predicted molar refractivity (Wildman–Crippen MR) is 120 cm³/mol. The highest BCUT2D eigenvalue weighted by atomic mass is 19.4. The summed E-state index contributed by atoms with van der Waals surface area (Å²) in [5.41, 5.74) is 0.278. The van der Waals surface area contributed by atoms with Crippen LogP contribution < -0.4 is 10.1 Å². The standard InChI is InChI=1S/C23H16F3N7O3/c1-35-20-16(21(34)36-2)9-14(11-28-20)17-12-29-22(30-15-5-3-4-13(8-15)10-27)31-19(17)33-7-6-18(32-33)23(24,25)26/h3-9,11-12H,1-2H3,(H,29,30,31). The number of rotatable bonds is 6. The molecule has 3 heterocycles. The third-order valence-electron chi connectivity index (χ3n) is 4.87. The average Bonchev–Trinajstić information content (AvgIpc) is 3.39. The number of halogens is 3. The molecule has 0 spiro atoms. The summed E-state index contributed by atoms with van der Waals surface area (Å²) in [6.07, 6.45) is -0.868. The number of nitrogens with zero attached hydrogens (tertiary/aromatic N) is 6. The number of hydrogen-bond acceptors (Lipinski definition) is 9. The van der Waals surface area contributed by atoms with Gasteiger partial charge in [0.15, 0.2) is 11.5 Å². The van der Waals surface area contributed by atoms with Crippen LogP contribution in [0.25, 0.3) is 16.9 Å². The molecular weight excluding hydrogens is 479 g/mol. The number of pyridine rings is 1. The maximum absolute atomic E-state index is 13.2. The minimum Gasteiger partial charge on any atom is -0.480 e. The lowest BCUT2D eigenvalue weighted by Gasteiger charge is -2.13. The Morgan fingerprint density at radius 3 is 2.61 bits per heavy atom. The zero-order valence-electron chi connectivity index (χ0n) is 18.7. The molecule has 182 valence electrons. The van der Waals surface area contributed by atoms with Crippen molar-refractivity contribution in [1.82, 2.24) is 24.7 Å². The van der Waals surface area contributed by atoms with Crippen LogP contribution in [0.2, 0.25) is 0 Å². The fourth-order valence-corrected chi connectivity index (χ4v) is 3.22. The number of nitrogens with one attached hydrogen (secondary N) is 1. The lowest BCUT2D eigenvalue weighted by Crippen LogP contribution is -2.10. The van der Waals surface area contributed by atoms with Crippen LogP contribution in [-0.2, 0) is 10.9 Å². The first-order chi connectivity index (χ1) is 17.2. The number of hydrogen-bond donors (Lipinski definition) is 1. The highest BCUT2D eigenvalue weighted by molar-refractivity contribution is 5.93. The first kappa shape index (κ1) is 24.1. The molecule has 1 aromatic carbocycles. The molecule has 0 amide bonds. The number of anilines is 2. The maximum Gasteiger partial charge on any atom is 0.435 e. The van der Waals surface area contributed by atoms with Crippen LogP contribution in [0, 0.1) is 11.3 Å². The van der Waals surface area contributed by atoms with Gasteiger partial charge in [-0.05, 0) is 30.3 Å². The summed E-state index contributed by atoms with van der Waals surface area (Å²) in [7, 11) is 2.51. The number of aromatic nitrogens is 5. The van der Waals surface area contributed by atoms with E-state index in [1.54, 1.807) is 24.3 Å². The van der Waals surface area contributed by atoms with E-state index in [9.17, 15) is 18.0 Å². The number of ether oxygens (including phenoxy) is 2. The molecular formula is C23H16F3N7O3. The Labute approximate surface area is 202 Å². The molecule has 0 radical (unpaired) electrons. The second-order valence-electron chi connectivity index (χ2n) is 7.16. The van der Waals surface area contributed by atoms with Gasteiger partial charge in [-0.25, -0.2) is 19.4 Å². The average molecular weight is 495 g/mol. The molecule has 13 heteroatoms. The third kappa shape index (κ3) is 4.92. The van der Waals surface area contributed by atoms with Crippen LogP contribution in [0.15, 0.2) is 55.0 Å². The molecule has 0 unspecified atom stereocenters. The Bertz CT molecular complexity index is 1480. The maximum atomic E-state index is 13.2. The molecule has 0 aliphatic rings. The van der Waals surface area contributed by atoms with Gasteiger partial charge >= 0.3 is 12.1 Å². The number of nitriles is 1. The van der Waals surface area contributed by atoms with Gasteiger partial charge in [0, 0.05) is 35.4 Å². The van der Waals surface area contributed by atoms with Crippen molar-refractivity contribution in [3.8, 4) is 28.9 Å². The number of methoxy groups -OCH3 is 2. The monoisotopic (exact) mass is 495 g/mol. The summed E-state index contributed by atoms with van der Waals surface area (Å²) < 4.78 is 50.5. The SMILES string of the molecule is COC(=O)c1cc(-c2cnc(Nc3cccc(C#N)c3)nc2-n2ccc(C(F)(F)F)n2)cnc1OC. The number of carbonyl (C=O) groups excluding carboxylic acids is 1. The summed E-state index contributed by atoms with van der Waals surface area (Å²) in [5, 5.41) is 15.6. The molecule has 3 aromatic heterocycles. The largest absolute Gasteiger partial charge is 0.480 e. The van der Waals surface area contributed by atoms with Crippen LogP contribution in [0.4, 0.5) is 24.8 Å². The summed E-state index contributed by atoms with van der Waals surface area (Å²) >= 11 is 0. The van der Waals surface area contributed by atoms with Gasteiger partial charge in [-0.15, -0.1) is 0 Å². The molecule has 4 aromatic rings. The fourth-order valence-electron chi connectivity index (χ4n) is 3.22. The minimum absolute atomic E-state index is 0.00202. The van der Waals surface area contributed by atoms with Crippen molar-refractivity contribution >= 4 is 17.6 Å². The molecule has 4 rings (SSSR count). The van der Waals surface area contributed by atoms with E-state index in [1.807, 2.05) is 6.07 Å². The Morgan fingerprint density at radius 2 is 1.94 bits per heavy atom. The zero-order chi connectivity index (χ0) is 25.9. The molecule has 0 saturated heterocycles. The predicted octanol–water partition coefficient (Wildman–Crippen LogP) is 4.15. The Hall–Kier alpha value is -4.99. The van der Waals surface area contributed by atoms with Gasteiger partial charge in [-0.1, -0.05) is 6.07 Å². The van der Waals surface area contributed by atoms with Crippen molar-refractivity contribution in [2.45, 2.75) is 6.18 Å². The van der Waals surface area contributed by atoms with Crippen molar-refractivity contribution < 1.29 is 27.4 Å². The van der Waals surface area contributed by atoms with Crippen molar-refractivity contribution in [1.29, 1.82) is 5.26 Å². The Morgan fingerprint density at radius 1 is 1.14 bits per heavy atom. The zero-order valence-corrected chi connectivity index (χ0v) is 18.7. The summed E-state index contributed by atoms with van der Waals surface area (Å²) in [6.45, 7) is 0. The number of esters is 1. The van der Waals surface area contributed by atoms with Crippen molar-refractivity contribution in [2.24, 2.45) is 0 Å². The van der Waals surface area contributed by atoms with Gasteiger partial charge in [0.25, 0.3) is 0 Å². The molecule has 10 nitrogen and oxygen atoms in total. The van der Waals surface area contributed by atoms with E-state index in [2.05, 4.69) is 25.4 Å². The van der Waals surface area contributed by atoms with E-state index in [0.29, 0.717) is 16.8 Å². The smallest absolute Gasteiger partial charge is 0.435 e. The lowest BCUT2D eigenvalue weighted by molar-refractivity contribution is -0.141. The van der Waals surface area contributed by atoms with Gasteiger partial charge in [-0.2, -0.15) is 28.5 Å². The quantitative estimate of drug-likeness (QED) is 0.392. The van der Waals surface area contributed by atoms with Gasteiger partial charge in [-0.3, -0.25) is 0 Å². The van der Waals surface area contributed by atoms with Crippen LogP contribution in [0.3, 0.4) is 0 Å². The second-order valence-corrected chi connectivity index (χ2v) is 7.16. The molecule has 0 aliphatic heterocycles. The van der Waals surface area contributed by atoms with Crippen LogP contribution in [-0.4, -0.2) is 44.9 Å². The van der Waals surface area contributed by atoms with Gasteiger partial charge < -0.3 is 14.8 Å². The van der Waals surface area contributed by atoms with Gasteiger partial charge in [0.2, 0.25) is 11.8 Å². The third-order valence-corrected chi connectivity index (χ3v) is 4.87. The molecule has 0 aliphatic carbocycles. The van der Waals surface area contributed by atoms with Crippen molar-refractivity contribution in [3.05, 3.63) is 71.8 Å². The lowest BCUT2D eigenvalue weighted by atomic mass is 10.1. The van der Waals surface area contributed by atoms with Crippen LogP contribution in [0.1, 0.15) is 21.6 Å². The fraction of sp³-hybridized carbons (Fsp3) is 0.130. The highest BCUT2D eigenvalue weighted by Crippen LogP contribution is 2.32. The Kier molecular flexibility index (Phi) is 6.51. The minimum atomic E-state index is -4.67. The molecule has 0 fully saturated rings. The Balaban J connectivity index is 1.85. The van der Waals surface area contributed by atoms with E-state index in [1.165, 1.54) is 32.7 Å². The van der Waals surface area contributed by atoms with Gasteiger partial charge in [0.05, 0.1) is 25.9 Å². The summed E-state index contributed by atoms with van der Waals surface area (Å²) in [5.74, 6) is -0.718. The molecule has 36 heavy (non-hydrogen) atoms. The summed E-state index contributed by atoms with van der Waals surface area (Å²) in [4.78, 5) is 24.9. The van der Waals surface area contributed by atoms with Crippen LogP contribution in [0.5, 0.6) is 5.88 Å². The molecule has 0 atom stereocenters. The normalized spacial score (nSPS) is 11.0. The summed E-state index contributed by atoms with van der Waals surface area (Å²) in [6, 6.07) is 10.7. The first-order valence-electron chi connectivity index (χ1n) is 10.1. The molecule has 1 N–H and O–H groups in total. The van der Waals surface area contributed by atoms with Gasteiger partial charge in [0.1, 0.15) is 5.56 Å². The number of benzene rings is 1. The number of alkyl halides is 3. The molecule has 0 bridgehead atoms. The van der Waals surface area contributed by atoms with Crippen molar-refractivity contribution in [2.75, 3.05) is 19.5 Å². The topological polar surface area (TPSA) is 128 Å².